The minimum Gasteiger partial charge on any atom is -0.444 e. The van der Waals surface area contributed by atoms with Gasteiger partial charge in [-0.3, -0.25) is 0 Å². The third-order valence-corrected chi connectivity index (χ3v) is 4.26. The largest absolute Gasteiger partial charge is 0.444 e. The smallest absolute Gasteiger partial charge is 0.410 e. The first-order chi connectivity index (χ1) is 12.2. The summed E-state index contributed by atoms with van der Waals surface area (Å²) in [4.78, 5) is 26.8. The Kier molecular flexibility index (Phi) is 6.63. The van der Waals surface area contributed by atoms with E-state index in [0.29, 0.717) is 18.8 Å². The second-order valence-corrected chi connectivity index (χ2v) is 7.91. The molecule has 0 saturated carbocycles. The molecule has 0 unspecified atom stereocenters. The first kappa shape index (κ1) is 19.8. The van der Waals surface area contributed by atoms with Crippen LogP contribution < -0.4 is 10.6 Å². The van der Waals surface area contributed by atoms with E-state index in [1.165, 1.54) is 4.90 Å². The van der Waals surface area contributed by atoms with Gasteiger partial charge in [-0.25, -0.2) is 9.59 Å². The van der Waals surface area contributed by atoms with Crippen LogP contribution in [0.1, 0.15) is 31.2 Å². The number of hydrogen-bond acceptors (Lipinski definition) is 4. The van der Waals surface area contributed by atoms with Crippen LogP contribution in [0.2, 0.25) is 0 Å². The molecule has 0 fully saturated rings. The van der Waals surface area contributed by atoms with Crippen molar-refractivity contribution in [2.45, 2.75) is 39.5 Å². The first-order valence-corrected chi connectivity index (χ1v) is 9.22. The molecule has 0 radical (unpaired) electrons. The maximum Gasteiger partial charge on any atom is 0.410 e. The lowest BCUT2D eigenvalue weighted by molar-refractivity contribution is 0.0285. The van der Waals surface area contributed by atoms with E-state index < -0.39 is 11.7 Å². The molecule has 0 aliphatic heterocycles. The van der Waals surface area contributed by atoms with Gasteiger partial charge in [-0.1, -0.05) is 24.3 Å². The van der Waals surface area contributed by atoms with Crippen LogP contribution in [0.25, 0.3) is 0 Å². The van der Waals surface area contributed by atoms with Crippen molar-refractivity contribution in [3.63, 3.8) is 0 Å². The molecule has 0 saturated heterocycles. The maximum absolute atomic E-state index is 12.1. The number of urea groups is 1. The summed E-state index contributed by atoms with van der Waals surface area (Å²) in [6, 6.07) is 11.0. The molecule has 0 spiro atoms. The molecule has 0 aliphatic rings. The number of carbonyl (C=O) groups is 2. The molecule has 1 heterocycles. The maximum atomic E-state index is 12.1. The van der Waals surface area contributed by atoms with Gasteiger partial charge < -0.3 is 20.3 Å². The van der Waals surface area contributed by atoms with Crippen LogP contribution in [-0.4, -0.2) is 29.7 Å². The Hall–Kier alpha value is -2.54. The van der Waals surface area contributed by atoms with Gasteiger partial charge in [0.1, 0.15) is 5.60 Å². The second-order valence-electron chi connectivity index (χ2n) is 6.88. The lowest BCUT2D eigenvalue weighted by atomic mass is 10.1. The van der Waals surface area contributed by atoms with Crippen molar-refractivity contribution in [1.29, 1.82) is 0 Å². The molecule has 6 nitrogen and oxygen atoms in total. The van der Waals surface area contributed by atoms with Crippen molar-refractivity contribution in [1.82, 2.24) is 10.2 Å². The zero-order valence-corrected chi connectivity index (χ0v) is 16.4. The molecule has 26 heavy (non-hydrogen) atoms. The quantitative estimate of drug-likeness (QED) is 0.812. The highest BCUT2D eigenvalue weighted by molar-refractivity contribution is 7.09. The second kappa shape index (κ2) is 8.71. The monoisotopic (exact) mass is 375 g/mol. The summed E-state index contributed by atoms with van der Waals surface area (Å²) in [6.07, 6.45) is -0.408. The Morgan fingerprint density at radius 1 is 1.15 bits per heavy atom. The Morgan fingerprint density at radius 2 is 1.88 bits per heavy atom. The average molecular weight is 375 g/mol. The van der Waals surface area contributed by atoms with E-state index in [-0.39, 0.29) is 6.03 Å². The SMILES string of the molecule is CN(Cc1ccccc1NC(=O)NCc1cccs1)C(=O)OC(C)(C)C. The number of carbonyl (C=O) groups excluding carboxylic acids is 2. The molecule has 2 rings (SSSR count). The van der Waals surface area contributed by atoms with Gasteiger partial charge >= 0.3 is 12.1 Å². The molecule has 1 aromatic carbocycles. The van der Waals surface area contributed by atoms with E-state index >= 15 is 0 Å². The van der Waals surface area contributed by atoms with Crippen LogP contribution in [0.5, 0.6) is 0 Å². The summed E-state index contributed by atoms with van der Waals surface area (Å²) >= 11 is 1.59. The van der Waals surface area contributed by atoms with Crippen molar-refractivity contribution in [2.75, 3.05) is 12.4 Å². The van der Waals surface area contributed by atoms with Gasteiger partial charge in [0.05, 0.1) is 13.1 Å². The molecule has 0 bridgehead atoms. The summed E-state index contributed by atoms with van der Waals surface area (Å²) in [5.74, 6) is 0. The normalized spacial score (nSPS) is 10.9. The highest BCUT2D eigenvalue weighted by Crippen LogP contribution is 2.18. The molecule has 7 heteroatoms. The number of para-hydroxylation sites is 1. The summed E-state index contributed by atoms with van der Waals surface area (Å²) in [7, 11) is 1.67. The van der Waals surface area contributed by atoms with Crippen LogP contribution in [0.4, 0.5) is 15.3 Å². The summed E-state index contributed by atoms with van der Waals surface area (Å²) < 4.78 is 5.36. The van der Waals surface area contributed by atoms with Gasteiger partial charge in [-0.15, -0.1) is 11.3 Å². The number of benzene rings is 1. The van der Waals surface area contributed by atoms with Crippen molar-refractivity contribution in [2.24, 2.45) is 0 Å². The predicted octanol–water partition coefficient (Wildman–Crippen LogP) is 4.44. The highest BCUT2D eigenvalue weighted by Gasteiger charge is 2.20. The number of rotatable bonds is 5. The summed E-state index contributed by atoms with van der Waals surface area (Å²) in [5, 5.41) is 7.63. The zero-order chi connectivity index (χ0) is 19.2. The molecule has 2 aromatic rings. The molecule has 3 amide bonds. The molecular weight excluding hydrogens is 350 g/mol. The fraction of sp³-hybridized carbons (Fsp3) is 0.368. The van der Waals surface area contributed by atoms with Gasteiger partial charge in [-0.05, 0) is 43.8 Å². The number of nitrogens with zero attached hydrogens (tertiary/aromatic N) is 1. The third kappa shape index (κ3) is 6.40. The molecule has 2 N–H and O–H groups in total. The zero-order valence-electron chi connectivity index (χ0n) is 15.5. The standard InChI is InChI=1S/C19H25N3O3S/c1-19(2,3)25-18(24)22(4)13-14-8-5-6-10-16(14)21-17(23)20-12-15-9-7-11-26-15/h5-11H,12-13H2,1-4H3,(H2,20,21,23). The number of amides is 3. The van der Waals surface area contributed by atoms with E-state index in [9.17, 15) is 9.59 Å². The Balaban J connectivity index is 1.96. The summed E-state index contributed by atoms with van der Waals surface area (Å²) in [5.41, 5.74) is 0.934. The third-order valence-electron chi connectivity index (χ3n) is 3.38. The lowest BCUT2D eigenvalue weighted by Crippen LogP contribution is -2.34. The molecular formula is C19H25N3O3S. The minimum atomic E-state index is -0.551. The predicted molar refractivity (Wildman–Crippen MR) is 104 cm³/mol. The van der Waals surface area contributed by atoms with Crippen molar-refractivity contribution < 1.29 is 14.3 Å². The Morgan fingerprint density at radius 3 is 2.54 bits per heavy atom. The van der Waals surface area contributed by atoms with E-state index in [1.807, 2.05) is 62.5 Å². The number of nitrogens with one attached hydrogen (secondary N) is 2. The minimum absolute atomic E-state index is 0.286. The van der Waals surface area contributed by atoms with Crippen molar-refractivity contribution >= 4 is 29.1 Å². The Labute approximate surface area is 158 Å². The van der Waals surface area contributed by atoms with E-state index in [0.717, 1.165) is 10.4 Å². The topological polar surface area (TPSA) is 70.7 Å². The molecule has 1 aromatic heterocycles. The fourth-order valence-corrected chi connectivity index (χ4v) is 2.83. The van der Waals surface area contributed by atoms with Crippen molar-refractivity contribution in [3.8, 4) is 0 Å². The molecule has 0 atom stereocenters. The van der Waals surface area contributed by atoms with Crippen LogP contribution in [-0.2, 0) is 17.8 Å². The fourth-order valence-electron chi connectivity index (χ4n) is 2.19. The van der Waals surface area contributed by atoms with Gasteiger partial charge in [0.2, 0.25) is 0 Å². The van der Waals surface area contributed by atoms with Gasteiger partial charge in [0.25, 0.3) is 0 Å². The Bertz CT molecular complexity index is 739. The summed E-state index contributed by atoms with van der Waals surface area (Å²) in [6.45, 7) is 6.28. The highest BCUT2D eigenvalue weighted by atomic mass is 32.1. The van der Waals surface area contributed by atoms with E-state index in [2.05, 4.69) is 10.6 Å². The van der Waals surface area contributed by atoms with Crippen molar-refractivity contribution in [3.05, 3.63) is 52.2 Å². The van der Waals surface area contributed by atoms with Crippen LogP contribution in [0.3, 0.4) is 0 Å². The molecule has 140 valence electrons. The number of thiophene rings is 1. The van der Waals surface area contributed by atoms with Gasteiger partial charge in [-0.2, -0.15) is 0 Å². The average Bonchev–Trinajstić information content (AvgIpc) is 3.06. The number of anilines is 1. The lowest BCUT2D eigenvalue weighted by Gasteiger charge is -2.25. The van der Waals surface area contributed by atoms with Crippen LogP contribution in [0.15, 0.2) is 41.8 Å². The number of ether oxygens (including phenoxy) is 1. The van der Waals surface area contributed by atoms with E-state index in [1.54, 1.807) is 18.4 Å². The van der Waals surface area contributed by atoms with Crippen LogP contribution >= 0.6 is 11.3 Å². The number of hydrogen-bond donors (Lipinski definition) is 2. The van der Waals surface area contributed by atoms with E-state index in [4.69, 9.17) is 4.74 Å². The van der Waals surface area contributed by atoms with Crippen LogP contribution in [0, 0.1) is 0 Å². The van der Waals surface area contributed by atoms with Gasteiger partial charge in [0.15, 0.2) is 0 Å². The first-order valence-electron chi connectivity index (χ1n) is 8.34. The van der Waals surface area contributed by atoms with Gasteiger partial charge in [0, 0.05) is 17.6 Å². The molecule has 0 aliphatic carbocycles.